The van der Waals surface area contributed by atoms with Crippen molar-refractivity contribution in [1.29, 1.82) is 0 Å². The summed E-state index contributed by atoms with van der Waals surface area (Å²) in [5, 5.41) is 12.3. The fourth-order valence-corrected chi connectivity index (χ4v) is 3.52. The van der Waals surface area contributed by atoms with Crippen molar-refractivity contribution in [2.24, 2.45) is 0 Å². The number of halogens is 1. The molecule has 0 aliphatic carbocycles. The van der Waals surface area contributed by atoms with Crippen LogP contribution in [0.1, 0.15) is 23.0 Å². The van der Waals surface area contributed by atoms with Gasteiger partial charge in [-0.25, -0.2) is 4.68 Å². The van der Waals surface area contributed by atoms with Gasteiger partial charge in [0.05, 0.1) is 12.6 Å². The standard InChI is InChI=1S/C17H16BrN5/c18-15-8-4-7-14(11-15)16-17-19-20-21-23(17)10-9-22(16)12-13-5-2-1-3-6-13/h1-8,11,16H,9-10,12H2/t16-/m1/s1. The van der Waals surface area contributed by atoms with E-state index in [2.05, 4.69) is 78.8 Å². The van der Waals surface area contributed by atoms with Crippen LogP contribution < -0.4 is 0 Å². The molecule has 116 valence electrons. The molecule has 0 N–H and O–H groups in total. The fourth-order valence-electron chi connectivity index (χ4n) is 3.11. The largest absolute Gasteiger partial charge is 0.284 e. The summed E-state index contributed by atoms with van der Waals surface area (Å²) >= 11 is 3.57. The van der Waals surface area contributed by atoms with Crippen molar-refractivity contribution in [2.75, 3.05) is 6.54 Å². The topological polar surface area (TPSA) is 46.8 Å². The van der Waals surface area contributed by atoms with Crippen LogP contribution in [0.2, 0.25) is 0 Å². The zero-order chi connectivity index (χ0) is 15.6. The van der Waals surface area contributed by atoms with E-state index in [9.17, 15) is 0 Å². The first-order valence-corrected chi connectivity index (χ1v) is 8.40. The third-order valence-corrected chi connectivity index (χ3v) is 4.65. The molecule has 2 heterocycles. The Morgan fingerprint density at radius 2 is 1.91 bits per heavy atom. The molecule has 0 fully saturated rings. The van der Waals surface area contributed by atoms with Gasteiger partial charge in [0.15, 0.2) is 5.82 Å². The Morgan fingerprint density at radius 1 is 1.04 bits per heavy atom. The maximum Gasteiger partial charge on any atom is 0.173 e. The summed E-state index contributed by atoms with van der Waals surface area (Å²) in [5.41, 5.74) is 2.50. The van der Waals surface area contributed by atoms with Crippen molar-refractivity contribution >= 4 is 15.9 Å². The van der Waals surface area contributed by atoms with E-state index in [-0.39, 0.29) is 6.04 Å². The lowest BCUT2D eigenvalue weighted by Gasteiger charge is -2.35. The van der Waals surface area contributed by atoms with Crippen LogP contribution in [0.5, 0.6) is 0 Å². The number of nitrogens with zero attached hydrogens (tertiary/aromatic N) is 5. The second kappa shape index (κ2) is 6.22. The van der Waals surface area contributed by atoms with E-state index in [1.165, 1.54) is 11.1 Å². The summed E-state index contributed by atoms with van der Waals surface area (Å²) in [6.07, 6.45) is 0. The third kappa shape index (κ3) is 2.92. The molecular formula is C17H16BrN5. The molecular weight excluding hydrogens is 354 g/mol. The molecule has 0 bridgehead atoms. The maximum absolute atomic E-state index is 4.28. The van der Waals surface area contributed by atoms with Crippen molar-refractivity contribution in [3.8, 4) is 0 Å². The molecule has 0 radical (unpaired) electrons. The second-order valence-corrected chi connectivity index (χ2v) is 6.59. The van der Waals surface area contributed by atoms with Gasteiger partial charge in [-0.2, -0.15) is 0 Å². The monoisotopic (exact) mass is 369 g/mol. The van der Waals surface area contributed by atoms with E-state index in [0.29, 0.717) is 0 Å². The fraction of sp³-hybridized carbons (Fsp3) is 0.235. The lowest BCUT2D eigenvalue weighted by molar-refractivity contribution is 0.164. The van der Waals surface area contributed by atoms with E-state index in [4.69, 9.17) is 0 Å². The molecule has 0 amide bonds. The molecule has 1 atom stereocenters. The molecule has 23 heavy (non-hydrogen) atoms. The molecule has 3 aromatic rings. The van der Waals surface area contributed by atoms with Crippen LogP contribution in [-0.4, -0.2) is 31.7 Å². The van der Waals surface area contributed by atoms with Gasteiger partial charge < -0.3 is 0 Å². The van der Waals surface area contributed by atoms with Gasteiger partial charge in [-0.15, -0.1) is 5.10 Å². The molecule has 2 aromatic carbocycles. The highest BCUT2D eigenvalue weighted by molar-refractivity contribution is 9.10. The molecule has 1 aliphatic rings. The van der Waals surface area contributed by atoms with Crippen LogP contribution in [0.25, 0.3) is 0 Å². The summed E-state index contributed by atoms with van der Waals surface area (Å²) < 4.78 is 2.98. The molecule has 0 saturated heterocycles. The van der Waals surface area contributed by atoms with Crippen molar-refractivity contribution in [3.05, 3.63) is 76.0 Å². The number of fused-ring (bicyclic) bond motifs is 1. The van der Waals surface area contributed by atoms with Crippen LogP contribution in [0.4, 0.5) is 0 Å². The third-order valence-electron chi connectivity index (χ3n) is 4.16. The Kier molecular flexibility index (Phi) is 3.93. The van der Waals surface area contributed by atoms with E-state index < -0.39 is 0 Å². The Bertz CT molecular complexity index is 802. The number of rotatable bonds is 3. The molecule has 5 nitrogen and oxygen atoms in total. The van der Waals surface area contributed by atoms with E-state index in [0.717, 1.165) is 29.9 Å². The Balaban J connectivity index is 1.73. The zero-order valence-electron chi connectivity index (χ0n) is 12.5. The number of hydrogen-bond acceptors (Lipinski definition) is 4. The Morgan fingerprint density at radius 3 is 2.74 bits per heavy atom. The highest BCUT2D eigenvalue weighted by Crippen LogP contribution is 2.32. The van der Waals surface area contributed by atoms with Gasteiger partial charge in [0, 0.05) is 17.6 Å². The van der Waals surface area contributed by atoms with Gasteiger partial charge >= 0.3 is 0 Å². The zero-order valence-corrected chi connectivity index (χ0v) is 14.1. The van der Waals surface area contributed by atoms with Crippen molar-refractivity contribution in [3.63, 3.8) is 0 Å². The van der Waals surface area contributed by atoms with Gasteiger partial charge in [-0.1, -0.05) is 58.4 Å². The first-order valence-electron chi connectivity index (χ1n) is 7.61. The number of aromatic nitrogens is 4. The number of tetrazole rings is 1. The quantitative estimate of drug-likeness (QED) is 0.711. The van der Waals surface area contributed by atoms with Crippen LogP contribution in [0.3, 0.4) is 0 Å². The van der Waals surface area contributed by atoms with Gasteiger partial charge in [-0.3, -0.25) is 4.90 Å². The molecule has 1 aromatic heterocycles. The predicted octanol–water partition coefficient (Wildman–Crippen LogP) is 3.04. The van der Waals surface area contributed by atoms with Gasteiger partial charge in [-0.05, 0) is 33.7 Å². The van der Waals surface area contributed by atoms with Crippen LogP contribution in [0, 0.1) is 0 Å². The SMILES string of the molecule is Brc1cccc([C@@H]2c3nnnn3CCN2Cc2ccccc2)c1. The van der Waals surface area contributed by atoms with Gasteiger partial charge in [0.25, 0.3) is 0 Å². The highest BCUT2D eigenvalue weighted by Gasteiger charge is 2.31. The average Bonchev–Trinajstić information content (AvgIpc) is 3.04. The molecule has 6 heteroatoms. The molecule has 0 spiro atoms. The summed E-state index contributed by atoms with van der Waals surface area (Å²) in [4.78, 5) is 2.43. The predicted molar refractivity (Wildman–Crippen MR) is 90.7 cm³/mol. The molecule has 1 aliphatic heterocycles. The van der Waals surface area contributed by atoms with E-state index in [1.807, 2.05) is 16.8 Å². The molecule has 0 saturated carbocycles. The summed E-state index contributed by atoms with van der Waals surface area (Å²) in [5.74, 6) is 0.908. The molecule has 0 unspecified atom stereocenters. The summed E-state index contributed by atoms with van der Waals surface area (Å²) in [6, 6.07) is 19.0. The van der Waals surface area contributed by atoms with Gasteiger partial charge in [0.2, 0.25) is 0 Å². The molecule has 4 rings (SSSR count). The lowest BCUT2D eigenvalue weighted by atomic mass is 10.0. The smallest absolute Gasteiger partial charge is 0.173 e. The Hall–Kier alpha value is -2.05. The summed E-state index contributed by atoms with van der Waals surface area (Å²) in [6.45, 7) is 2.62. The van der Waals surface area contributed by atoms with E-state index >= 15 is 0 Å². The minimum atomic E-state index is 0.0662. The first kappa shape index (κ1) is 14.5. The lowest BCUT2D eigenvalue weighted by Crippen LogP contribution is -2.38. The number of hydrogen-bond donors (Lipinski definition) is 0. The average molecular weight is 370 g/mol. The van der Waals surface area contributed by atoms with Crippen molar-refractivity contribution in [2.45, 2.75) is 19.1 Å². The first-order chi connectivity index (χ1) is 11.3. The Labute approximate surface area is 143 Å². The van der Waals surface area contributed by atoms with Crippen molar-refractivity contribution in [1.82, 2.24) is 25.1 Å². The minimum absolute atomic E-state index is 0.0662. The minimum Gasteiger partial charge on any atom is -0.284 e. The van der Waals surface area contributed by atoms with Crippen LogP contribution in [0.15, 0.2) is 59.1 Å². The number of benzene rings is 2. The normalized spacial score (nSPS) is 17.9. The van der Waals surface area contributed by atoms with Crippen LogP contribution >= 0.6 is 15.9 Å². The maximum atomic E-state index is 4.28. The summed E-state index contributed by atoms with van der Waals surface area (Å²) in [7, 11) is 0. The van der Waals surface area contributed by atoms with Crippen LogP contribution in [-0.2, 0) is 13.1 Å². The highest BCUT2D eigenvalue weighted by atomic mass is 79.9. The van der Waals surface area contributed by atoms with E-state index in [1.54, 1.807) is 0 Å². The second-order valence-electron chi connectivity index (χ2n) is 5.67. The van der Waals surface area contributed by atoms with Gasteiger partial charge in [0.1, 0.15) is 0 Å². The van der Waals surface area contributed by atoms with Crippen molar-refractivity contribution < 1.29 is 0 Å².